The number of ketones is 1. The van der Waals surface area contributed by atoms with E-state index in [1.165, 1.54) is 0 Å². The van der Waals surface area contributed by atoms with Gasteiger partial charge in [-0.1, -0.05) is 43.0 Å². The lowest BCUT2D eigenvalue weighted by Gasteiger charge is -2.26. The highest BCUT2D eigenvalue weighted by Crippen LogP contribution is 2.39. The lowest BCUT2D eigenvalue weighted by Crippen LogP contribution is -2.32. The van der Waals surface area contributed by atoms with Crippen LogP contribution in [-0.4, -0.2) is 60.4 Å². The van der Waals surface area contributed by atoms with Gasteiger partial charge >= 0.3 is 0 Å². The van der Waals surface area contributed by atoms with Gasteiger partial charge in [0.1, 0.15) is 18.1 Å². The highest BCUT2D eigenvalue weighted by Gasteiger charge is 2.45. The van der Waals surface area contributed by atoms with E-state index >= 15 is 0 Å². The van der Waals surface area contributed by atoms with E-state index in [1.54, 1.807) is 29.2 Å². The maximum absolute atomic E-state index is 13.0. The van der Waals surface area contributed by atoms with Crippen LogP contribution in [0.4, 0.5) is 0 Å². The predicted octanol–water partition coefficient (Wildman–Crippen LogP) is 3.93. The van der Waals surface area contributed by atoms with Gasteiger partial charge in [-0.3, -0.25) is 9.59 Å². The molecule has 0 bridgehead atoms. The summed E-state index contributed by atoms with van der Waals surface area (Å²) in [5, 5.41) is 11.2. The smallest absolute Gasteiger partial charge is 0.295 e. The van der Waals surface area contributed by atoms with Crippen LogP contribution in [0, 0.1) is 6.92 Å². The van der Waals surface area contributed by atoms with Crippen molar-refractivity contribution in [2.45, 2.75) is 19.4 Å². The first-order valence-corrected chi connectivity index (χ1v) is 10.7. The third-order valence-electron chi connectivity index (χ3n) is 5.46. The SMILES string of the molecule is C=CCOc1ccc(C(O)=C2C(=O)C(=O)N(CCCN(C)C)C2c2ccccc2)cc1C. The molecule has 1 unspecified atom stereocenters. The second-order valence-corrected chi connectivity index (χ2v) is 8.14. The molecule has 2 aromatic carbocycles. The summed E-state index contributed by atoms with van der Waals surface area (Å²) in [4.78, 5) is 29.6. The number of likely N-dealkylation sites (tertiary alicyclic amines) is 1. The van der Waals surface area contributed by atoms with E-state index in [2.05, 4.69) is 6.58 Å². The van der Waals surface area contributed by atoms with Gasteiger partial charge in [0.25, 0.3) is 11.7 Å². The largest absolute Gasteiger partial charge is 0.507 e. The first kappa shape index (κ1) is 23.3. The molecule has 1 heterocycles. The Labute approximate surface area is 189 Å². The van der Waals surface area contributed by atoms with Gasteiger partial charge in [0.05, 0.1) is 11.6 Å². The molecule has 32 heavy (non-hydrogen) atoms. The van der Waals surface area contributed by atoms with Crippen molar-refractivity contribution < 1.29 is 19.4 Å². The fraction of sp³-hybridized carbons (Fsp3) is 0.308. The molecular formula is C26H30N2O4. The standard InChI is InChI=1S/C26H30N2O4/c1-5-16-32-21-13-12-20(17-18(21)2)24(29)22-23(19-10-7-6-8-11-19)28(26(31)25(22)30)15-9-14-27(3)4/h5-8,10-13,17,23,29H,1,9,14-16H2,2-4H3. The second kappa shape index (κ2) is 10.3. The topological polar surface area (TPSA) is 70.1 Å². The number of carbonyl (C=O) groups excluding carboxylic acids is 2. The van der Waals surface area contributed by atoms with Gasteiger partial charge in [-0.05, 0) is 63.3 Å². The lowest BCUT2D eigenvalue weighted by atomic mass is 9.95. The minimum atomic E-state index is -0.661. The Morgan fingerprint density at radius 2 is 1.91 bits per heavy atom. The number of Topliss-reactive ketones (excluding diaryl/α,β-unsaturated/α-hetero) is 1. The van der Waals surface area contributed by atoms with Crippen molar-refractivity contribution in [1.82, 2.24) is 9.80 Å². The van der Waals surface area contributed by atoms with Crippen LogP contribution in [0.5, 0.6) is 5.75 Å². The van der Waals surface area contributed by atoms with Gasteiger partial charge in [-0.15, -0.1) is 0 Å². The molecule has 168 valence electrons. The van der Waals surface area contributed by atoms with Gasteiger partial charge in [0.15, 0.2) is 0 Å². The molecule has 1 N–H and O–H groups in total. The van der Waals surface area contributed by atoms with Crippen LogP contribution in [0.15, 0.2) is 66.8 Å². The third-order valence-corrected chi connectivity index (χ3v) is 5.46. The summed E-state index contributed by atoms with van der Waals surface area (Å²) in [5.41, 5.74) is 2.19. The number of aryl methyl sites for hydroxylation is 1. The number of hydrogen-bond acceptors (Lipinski definition) is 5. The number of benzene rings is 2. The number of amides is 1. The number of aliphatic hydroxyl groups is 1. The minimum absolute atomic E-state index is 0.116. The van der Waals surface area contributed by atoms with Crippen molar-refractivity contribution >= 4 is 17.4 Å². The fourth-order valence-corrected chi connectivity index (χ4v) is 3.91. The summed E-state index contributed by atoms with van der Waals surface area (Å²) in [6, 6.07) is 13.9. The Morgan fingerprint density at radius 3 is 2.53 bits per heavy atom. The quantitative estimate of drug-likeness (QED) is 0.280. The molecule has 1 saturated heterocycles. The van der Waals surface area contributed by atoms with Gasteiger partial charge in [-0.25, -0.2) is 0 Å². The number of aliphatic hydroxyl groups excluding tert-OH is 1. The molecule has 2 aromatic rings. The molecule has 0 aromatic heterocycles. The Kier molecular flexibility index (Phi) is 7.49. The van der Waals surface area contributed by atoms with Gasteiger partial charge in [-0.2, -0.15) is 0 Å². The molecule has 1 fully saturated rings. The van der Waals surface area contributed by atoms with Crippen LogP contribution in [-0.2, 0) is 9.59 Å². The minimum Gasteiger partial charge on any atom is -0.507 e. The number of carbonyl (C=O) groups is 2. The van der Waals surface area contributed by atoms with Crippen molar-refractivity contribution in [2.24, 2.45) is 0 Å². The Balaban J connectivity index is 2.04. The fourth-order valence-electron chi connectivity index (χ4n) is 3.91. The third kappa shape index (κ3) is 4.92. The van der Waals surface area contributed by atoms with E-state index in [9.17, 15) is 14.7 Å². The van der Waals surface area contributed by atoms with E-state index in [0.29, 0.717) is 24.5 Å². The molecule has 3 rings (SSSR count). The molecule has 0 spiro atoms. The molecule has 0 radical (unpaired) electrons. The Hall–Kier alpha value is -3.38. The van der Waals surface area contributed by atoms with Gasteiger partial charge < -0.3 is 19.6 Å². The number of ether oxygens (including phenoxy) is 1. The summed E-state index contributed by atoms with van der Waals surface area (Å²) >= 11 is 0. The Morgan fingerprint density at radius 1 is 1.19 bits per heavy atom. The Bertz CT molecular complexity index is 1030. The zero-order chi connectivity index (χ0) is 23.3. The molecule has 1 atom stereocenters. The number of hydrogen-bond donors (Lipinski definition) is 1. The van der Waals surface area contributed by atoms with Crippen LogP contribution in [0.3, 0.4) is 0 Å². The van der Waals surface area contributed by atoms with E-state index < -0.39 is 17.7 Å². The van der Waals surface area contributed by atoms with E-state index in [4.69, 9.17) is 4.74 Å². The molecule has 1 amide bonds. The zero-order valence-corrected chi connectivity index (χ0v) is 18.9. The average Bonchev–Trinajstić information content (AvgIpc) is 3.03. The summed E-state index contributed by atoms with van der Waals surface area (Å²) < 4.78 is 5.61. The van der Waals surface area contributed by atoms with Gasteiger partial charge in [0, 0.05) is 12.1 Å². The van der Waals surface area contributed by atoms with Crippen molar-refractivity contribution in [2.75, 3.05) is 33.8 Å². The van der Waals surface area contributed by atoms with Crippen molar-refractivity contribution in [3.63, 3.8) is 0 Å². The highest BCUT2D eigenvalue weighted by atomic mass is 16.5. The molecule has 6 heteroatoms. The van der Waals surface area contributed by atoms with E-state index in [0.717, 1.165) is 24.1 Å². The number of rotatable bonds is 9. The summed E-state index contributed by atoms with van der Waals surface area (Å²) in [6.07, 6.45) is 2.38. The molecular weight excluding hydrogens is 404 g/mol. The second-order valence-electron chi connectivity index (χ2n) is 8.14. The summed E-state index contributed by atoms with van der Waals surface area (Å²) in [7, 11) is 3.93. The monoisotopic (exact) mass is 434 g/mol. The van der Waals surface area contributed by atoms with Crippen LogP contribution in [0.2, 0.25) is 0 Å². The number of nitrogens with zero attached hydrogens (tertiary/aromatic N) is 2. The molecule has 1 aliphatic heterocycles. The normalized spacial score (nSPS) is 17.8. The molecule has 0 aliphatic carbocycles. The maximum Gasteiger partial charge on any atom is 0.295 e. The van der Waals surface area contributed by atoms with Crippen LogP contribution < -0.4 is 4.74 Å². The lowest BCUT2D eigenvalue weighted by molar-refractivity contribution is -0.139. The molecule has 6 nitrogen and oxygen atoms in total. The maximum atomic E-state index is 13.0. The summed E-state index contributed by atoms with van der Waals surface area (Å²) in [6.45, 7) is 7.09. The van der Waals surface area contributed by atoms with Crippen molar-refractivity contribution in [1.29, 1.82) is 0 Å². The zero-order valence-electron chi connectivity index (χ0n) is 18.9. The first-order valence-electron chi connectivity index (χ1n) is 10.7. The van der Waals surface area contributed by atoms with Crippen LogP contribution >= 0.6 is 0 Å². The average molecular weight is 435 g/mol. The highest BCUT2D eigenvalue weighted by molar-refractivity contribution is 6.46. The summed E-state index contributed by atoms with van der Waals surface area (Å²) in [5.74, 6) is -0.747. The first-order chi connectivity index (χ1) is 15.3. The van der Waals surface area contributed by atoms with E-state index in [-0.39, 0.29) is 11.3 Å². The van der Waals surface area contributed by atoms with Crippen molar-refractivity contribution in [3.8, 4) is 5.75 Å². The van der Waals surface area contributed by atoms with Crippen molar-refractivity contribution in [3.05, 3.63) is 83.4 Å². The molecule has 0 saturated carbocycles. The molecule has 1 aliphatic rings. The van der Waals surface area contributed by atoms with E-state index in [1.807, 2.05) is 56.3 Å². The van der Waals surface area contributed by atoms with Crippen LogP contribution in [0.1, 0.15) is 29.2 Å². The van der Waals surface area contributed by atoms with Crippen LogP contribution in [0.25, 0.3) is 5.76 Å². The predicted molar refractivity (Wildman–Crippen MR) is 125 cm³/mol. The van der Waals surface area contributed by atoms with Gasteiger partial charge in [0.2, 0.25) is 0 Å².